The molecule has 616 valence electrons. The number of aryl methyl sites for hydroxylation is 2. The Morgan fingerprint density at radius 3 is 1.16 bits per heavy atom. The van der Waals surface area contributed by atoms with Crippen molar-refractivity contribution in [2.75, 3.05) is 19.0 Å². The minimum Gasteiger partial charge on any atom is -0.464 e. The number of esters is 5. The van der Waals surface area contributed by atoms with Gasteiger partial charge in [-0.05, 0) is 157 Å². The van der Waals surface area contributed by atoms with E-state index in [1.165, 1.54) is 101 Å². The lowest BCUT2D eigenvalue weighted by Gasteiger charge is -2.27. The van der Waals surface area contributed by atoms with Crippen molar-refractivity contribution >= 4 is 39.7 Å². The Morgan fingerprint density at radius 2 is 0.744 bits per heavy atom. The zero-order valence-corrected chi connectivity index (χ0v) is 72.8. The molecular formula is C103H119FO12S. The third-order valence-electron chi connectivity index (χ3n) is 21.4. The summed E-state index contributed by atoms with van der Waals surface area (Å²) in [5.41, 5.74) is 23.2. The van der Waals surface area contributed by atoms with Gasteiger partial charge < -0.3 is 23.7 Å². The summed E-state index contributed by atoms with van der Waals surface area (Å²) in [5.74, 6) is -2.07. The Bertz CT molecular complexity index is 4940. The van der Waals surface area contributed by atoms with Crippen molar-refractivity contribution in [2.24, 2.45) is 29.6 Å². The number of hydrogen-bond acceptors (Lipinski definition) is 12. The maximum atomic E-state index is 13.1. The molecule has 0 aliphatic heterocycles. The molecule has 0 amide bonds. The molecule has 0 saturated carbocycles. The highest BCUT2D eigenvalue weighted by molar-refractivity contribution is 7.91. The molecule has 3 aliphatic rings. The van der Waals surface area contributed by atoms with E-state index >= 15 is 0 Å². The number of fused-ring (bicyclic) bond motifs is 9. The minimum atomic E-state index is -3.42. The van der Waals surface area contributed by atoms with Gasteiger partial charge in [0.2, 0.25) is 0 Å². The van der Waals surface area contributed by atoms with Crippen LogP contribution in [0.25, 0.3) is 33.4 Å². The maximum Gasteiger partial charge on any atom is 0.308 e. The summed E-state index contributed by atoms with van der Waals surface area (Å²) in [6.07, 6.45) is -0.342. The van der Waals surface area contributed by atoms with Crippen LogP contribution in [0.5, 0.6) is 0 Å². The number of rotatable bonds is 21. The summed E-state index contributed by atoms with van der Waals surface area (Å²) in [5, 5.41) is 0. The quantitative estimate of drug-likeness (QED) is 0.0494. The Hall–Kier alpha value is -10.6. The molecule has 10 aromatic rings. The van der Waals surface area contributed by atoms with Gasteiger partial charge in [-0.1, -0.05) is 334 Å². The first-order valence-corrected chi connectivity index (χ1v) is 42.7. The van der Waals surface area contributed by atoms with Gasteiger partial charge in [0.25, 0.3) is 0 Å². The number of halogens is 1. The van der Waals surface area contributed by atoms with Crippen LogP contribution in [0.1, 0.15) is 221 Å². The van der Waals surface area contributed by atoms with Crippen molar-refractivity contribution in [2.45, 2.75) is 203 Å². The number of carbonyl (C=O) groups excluding carboxylic acids is 5. The van der Waals surface area contributed by atoms with E-state index in [1.54, 1.807) is 71.0 Å². The van der Waals surface area contributed by atoms with Gasteiger partial charge in [-0.3, -0.25) is 24.0 Å². The van der Waals surface area contributed by atoms with Crippen LogP contribution in [-0.4, -0.2) is 75.5 Å². The molecular weight excluding hydrogens is 1480 g/mol. The second-order valence-corrected chi connectivity index (χ2v) is 36.7. The molecule has 0 bridgehead atoms. The predicted octanol–water partition coefficient (Wildman–Crippen LogP) is 23.4. The van der Waals surface area contributed by atoms with Gasteiger partial charge in [-0.2, -0.15) is 0 Å². The van der Waals surface area contributed by atoms with E-state index in [0.717, 1.165) is 16.7 Å². The van der Waals surface area contributed by atoms with E-state index in [2.05, 4.69) is 187 Å². The van der Waals surface area contributed by atoms with Gasteiger partial charge in [-0.15, -0.1) is 0 Å². The van der Waals surface area contributed by atoms with E-state index in [4.69, 9.17) is 23.7 Å². The van der Waals surface area contributed by atoms with E-state index in [9.17, 15) is 36.8 Å². The van der Waals surface area contributed by atoms with Crippen LogP contribution in [0.2, 0.25) is 0 Å². The molecule has 4 unspecified atom stereocenters. The molecule has 0 aromatic heterocycles. The Labute approximate surface area is 695 Å². The molecule has 3 aliphatic carbocycles. The molecule has 4 atom stereocenters. The summed E-state index contributed by atoms with van der Waals surface area (Å²) >= 11 is 0. The van der Waals surface area contributed by atoms with E-state index in [-0.39, 0.29) is 129 Å². The summed E-state index contributed by atoms with van der Waals surface area (Å²) in [7, 11) is -3.42. The molecule has 13 rings (SSSR count). The first-order chi connectivity index (χ1) is 55.3. The van der Waals surface area contributed by atoms with E-state index in [0.29, 0.717) is 13.0 Å². The second-order valence-electron chi connectivity index (χ2n) is 34.7. The number of ether oxygens (including phenoxy) is 5. The van der Waals surface area contributed by atoms with Crippen LogP contribution in [0, 0.1) is 49.3 Å². The van der Waals surface area contributed by atoms with Crippen LogP contribution < -0.4 is 0 Å². The molecule has 0 saturated heterocycles. The Balaban J connectivity index is 0.000000168. The molecule has 12 nitrogen and oxygen atoms in total. The van der Waals surface area contributed by atoms with Crippen LogP contribution in [0.4, 0.5) is 4.39 Å². The average Bonchev–Trinajstić information content (AvgIpc) is 1.61. The molecule has 0 N–H and O–H groups in total. The first-order valence-electron chi connectivity index (χ1n) is 41.1. The smallest absolute Gasteiger partial charge is 0.308 e. The van der Waals surface area contributed by atoms with Crippen LogP contribution in [0.15, 0.2) is 241 Å². The summed E-state index contributed by atoms with van der Waals surface area (Å²) in [6, 6.07) is 78.7. The van der Waals surface area contributed by atoms with Gasteiger partial charge in [0, 0.05) is 30.1 Å². The van der Waals surface area contributed by atoms with Gasteiger partial charge in [0.05, 0.1) is 40.2 Å². The van der Waals surface area contributed by atoms with E-state index in [1.807, 2.05) is 105 Å². The van der Waals surface area contributed by atoms with Gasteiger partial charge >= 0.3 is 29.8 Å². The maximum absolute atomic E-state index is 13.1. The SMILES string of the molecule is CC(C)C(=O)OC(C)C1c2ccccc2-c2ccccc21.CC(C)C(=O)OC(Cc1ccccc1)C1c2ccccc2-c2ccccc21.CC(C)C(=O)OCC1c2cc(C(C)(C)C)ccc2-c2ccc(C(C)(C)C)cc21.Cc1ccc(C(COC(=O)C(C)C)c2ccc(F)cc2)cc1.Cc1ccc(S(=O)(=O)CC(C)OC(=O)C(C)C)cc1. The van der Waals surface area contributed by atoms with Gasteiger partial charge in [0.1, 0.15) is 37.3 Å². The number of carbonyl (C=O) groups is 5. The van der Waals surface area contributed by atoms with Crippen molar-refractivity contribution in [3.8, 4) is 33.4 Å². The fourth-order valence-electron chi connectivity index (χ4n) is 14.6. The lowest BCUT2D eigenvalue weighted by atomic mass is 9.83. The lowest BCUT2D eigenvalue weighted by molar-refractivity contribution is -0.154. The highest BCUT2D eigenvalue weighted by Crippen LogP contribution is 2.51. The highest BCUT2D eigenvalue weighted by atomic mass is 32.2. The molecule has 0 radical (unpaired) electrons. The third kappa shape index (κ3) is 23.6. The Kier molecular flexibility index (Phi) is 30.9. The van der Waals surface area contributed by atoms with Crippen molar-refractivity contribution in [1.82, 2.24) is 0 Å². The van der Waals surface area contributed by atoms with Gasteiger partial charge in [0.15, 0.2) is 9.84 Å². The van der Waals surface area contributed by atoms with Crippen molar-refractivity contribution < 1.29 is 60.5 Å². The van der Waals surface area contributed by atoms with Crippen molar-refractivity contribution in [3.63, 3.8) is 0 Å². The minimum absolute atomic E-state index is 0.0558. The normalized spacial score (nSPS) is 13.7. The first kappa shape index (κ1) is 90.3. The standard InChI is InChI=1S/C26H34O2.C25H24O2.C19H21FO2.C19H20O2.C14H20O4S/c1-16(2)24(27)28-15-23-21-13-17(25(3,4)5)9-11-19(21)20-12-10-18(14-22(20)23)26(6,7)8;1-17(2)25(26)27-23(16-18-10-4-3-5-11-18)24-21-14-8-6-12-19(21)20-13-7-9-15-22(20)24;1-13(2)19(21)22-12-18(15-6-4-14(3)5-7-15)16-8-10-17(20)11-9-16;1-12(2)19(20)21-13(3)18-16-10-6-4-8-14(16)15-9-5-7-11-17(15)18;1-10(2)14(15)18-12(4)9-19(16,17)13-7-5-11(3)6-8-13/h9-14,16,23H,15H2,1-8H3;3-15,17,23-24H,16H2,1-2H3;4-11,13,18H,12H2,1-3H3;4-13,18H,1-3H3;5-8,10,12H,9H2,1-4H3. The fraction of sp³-hybridized carbons (Fsp3) is 0.369. The van der Waals surface area contributed by atoms with Gasteiger partial charge in [-0.25, -0.2) is 12.8 Å². The summed E-state index contributed by atoms with van der Waals surface area (Å²) < 4.78 is 65.3. The molecule has 14 heteroatoms. The van der Waals surface area contributed by atoms with Crippen LogP contribution >= 0.6 is 0 Å². The van der Waals surface area contributed by atoms with Crippen molar-refractivity contribution in [1.29, 1.82) is 0 Å². The average molecular weight is 1600 g/mol. The number of benzene rings is 10. The van der Waals surface area contributed by atoms with Crippen LogP contribution in [-0.2, 0) is 74.7 Å². The number of hydrogen-bond donors (Lipinski definition) is 0. The largest absolute Gasteiger partial charge is 0.464 e. The molecule has 0 fully saturated rings. The van der Waals surface area contributed by atoms with Crippen LogP contribution in [0.3, 0.4) is 0 Å². The monoisotopic (exact) mass is 1600 g/mol. The van der Waals surface area contributed by atoms with Crippen molar-refractivity contribution in [3.05, 3.63) is 315 Å². The highest BCUT2D eigenvalue weighted by Gasteiger charge is 2.39. The Morgan fingerprint density at radius 1 is 0.385 bits per heavy atom. The topological polar surface area (TPSA) is 166 Å². The molecule has 117 heavy (non-hydrogen) atoms. The third-order valence-corrected chi connectivity index (χ3v) is 23.3. The summed E-state index contributed by atoms with van der Waals surface area (Å²) in [6.45, 7) is 39.9. The zero-order valence-electron chi connectivity index (χ0n) is 72.0. The fourth-order valence-corrected chi connectivity index (χ4v) is 16.0. The molecule has 0 heterocycles. The van der Waals surface area contributed by atoms with E-state index < -0.39 is 15.9 Å². The molecule has 0 spiro atoms. The number of sulfone groups is 1. The second kappa shape index (κ2) is 40.1. The predicted molar refractivity (Wildman–Crippen MR) is 468 cm³/mol. The molecule has 10 aromatic carbocycles. The lowest BCUT2D eigenvalue weighted by Crippen LogP contribution is -2.29. The summed E-state index contributed by atoms with van der Waals surface area (Å²) in [4.78, 5) is 60.0. The zero-order chi connectivity index (χ0) is 85.4.